The quantitative estimate of drug-likeness (QED) is 0.145. The van der Waals surface area contributed by atoms with Crippen LogP contribution in [0.15, 0.2) is 60.7 Å². The maximum Gasteiger partial charge on any atom is 0.245 e. The average molecular weight is 1240 g/mol. The summed E-state index contributed by atoms with van der Waals surface area (Å²) in [6.45, 7) is 13.4. The Morgan fingerprint density at radius 1 is 0.584 bits per heavy atom. The fourth-order valence-corrected chi connectivity index (χ4v) is 11.4. The normalized spacial score (nSPS) is 27.1. The van der Waals surface area contributed by atoms with Gasteiger partial charge in [-0.05, 0) is 88.7 Å². The smallest absolute Gasteiger partial charge is 0.245 e. The van der Waals surface area contributed by atoms with Crippen molar-refractivity contribution in [1.29, 1.82) is 0 Å². The van der Waals surface area contributed by atoms with Crippen molar-refractivity contribution in [3.05, 3.63) is 71.8 Å². The summed E-state index contributed by atoms with van der Waals surface area (Å²) >= 11 is 0. The lowest BCUT2D eigenvalue weighted by atomic mass is 9.95. The first-order chi connectivity index (χ1) is 42.2. The average Bonchev–Trinajstić information content (AvgIpc) is 2.67. The molecule has 2 aromatic rings. The van der Waals surface area contributed by atoms with Crippen molar-refractivity contribution >= 4 is 70.9 Å². The van der Waals surface area contributed by atoms with Gasteiger partial charge in [0.15, 0.2) is 0 Å². The van der Waals surface area contributed by atoms with Crippen molar-refractivity contribution in [3.8, 4) is 0 Å². The number of nitrogens with zero attached hydrogens (tertiary/aromatic N) is 5. The van der Waals surface area contributed by atoms with Gasteiger partial charge in [0.1, 0.15) is 60.4 Å². The molecule has 12 amide bonds. The van der Waals surface area contributed by atoms with E-state index >= 15 is 0 Å². The fourth-order valence-electron chi connectivity index (χ4n) is 11.4. The van der Waals surface area contributed by atoms with Gasteiger partial charge in [0.2, 0.25) is 70.9 Å². The maximum atomic E-state index is 14.8. The lowest BCUT2D eigenvalue weighted by Gasteiger charge is -2.36. The van der Waals surface area contributed by atoms with Crippen LogP contribution in [-0.4, -0.2) is 214 Å². The van der Waals surface area contributed by atoms with E-state index in [1.807, 2.05) is 20.8 Å². The third kappa shape index (κ3) is 20.0. The zero-order valence-electron chi connectivity index (χ0n) is 53.7. The Kier molecular flexibility index (Phi) is 27.5. The van der Waals surface area contributed by atoms with E-state index in [0.29, 0.717) is 56.3 Å². The summed E-state index contributed by atoms with van der Waals surface area (Å²) in [7, 11) is 4.15. The number of hydrogen-bond donors (Lipinski definition) is 8. The van der Waals surface area contributed by atoms with Crippen molar-refractivity contribution in [3.63, 3.8) is 0 Å². The molecule has 12 atom stereocenters. The van der Waals surface area contributed by atoms with Crippen LogP contribution < -0.4 is 37.2 Å². The van der Waals surface area contributed by atoms with Crippen LogP contribution >= 0.6 is 0 Å². The molecule has 0 bridgehead atoms. The number of rotatable bonds is 12. The third-order valence-electron chi connectivity index (χ3n) is 17.2. The number of fused-ring (bicyclic) bond motifs is 1. The van der Waals surface area contributed by atoms with Gasteiger partial charge in [-0.15, -0.1) is 0 Å². The number of hydrogen-bond acceptors (Lipinski definition) is 13. The Bertz CT molecular complexity index is 2800. The van der Waals surface area contributed by atoms with Crippen LogP contribution in [-0.2, 0) is 70.4 Å². The van der Waals surface area contributed by atoms with Crippen LogP contribution in [0, 0.1) is 11.8 Å². The molecule has 2 aromatic carbocycles. The molecule has 490 valence electrons. The summed E-state index contributed by atoms with van der Waals surface area (Å²) in [5.74, 6) is -9.45. The molecule has 0 aromatic heterocycles. The highest BCUT2D eigenvalue weighted by molar-refractivity contribution is 6.00. The monoisotopic (exact) mass is 1240 g/mol. The molecule has 3 saturated heterocycles. The molecular weight excluding hydrogens is 1140 g/mol. The van der Waals surface area contributed by atoms with E-state index < -0.39 is 156 Å². The molecule has 3 fully saturated rings. The summed E-state index contributed by atoms with van der Waals surface area (Å²) in [5, 5.41) is 30.1. The largest absolute Gasteiger partial charge is 0.391 e. The van der Waals surface area contributed by atoms with E-state index in [4.69, 9.17) is 0 Å². The molecule has 3 heterocycles. The van der Waals surface area contributed by atoms with Crippen molar-refractivity contribution in [1.82, 2.24) is 61.7 Å². The van der Waals surface area contributed by atoms with Crippen LogP contribution in [0.4, 0.5) is 0 Å². The second-order valence-electron chi connectivity index (χ2n) is 24.5. The minimum atomic E-state index is -1.72. The van der Waals surface area contributed by atoms with Gasteiger partial charge in [-0.1, -0.05) is 108 Å². The van der Waals surface area contributed by atoms with Crippen molar-refractivity contribution < 1.29 is 62.6 Å². The summed E-state index contributed by atoms with van der Waals surface area (Å²) in [4.78, 5) is 179. The molecule has 8 N–H and O–H groups in total. The first-order valence-electron chi connectivity index (χ1n) is 31.4. The van der Waals surface area contributed by atoms with Gasteiger partial charge in [0.25, 0.3) is 0 Å². The number of carbonyl (C=O) groups is 12. The fraction of sp³-hybridized carbons (Fsp3) is 0.625. The van der Waals surface area contributed by atoms with E-state index in [0.717, 1.165) is 16.2 Å². The first kappa shape index (κ1) is 71.8. The summed E-state index contributed by atoms with van der Waals surface area (Å²) in [6, 6.07) is 4.26. The predicted molar refractivity (Wildman–Crippen MR) is 331 cm³/mol. The van der Waals surface area contributed by atoms with Crippen LogP contribution in [0.3, 0.4) is 0 Å². The number of likely N-dealkylation sites (tertiary alicyclic amines) is 1. The molecule has 5 rings (SSSR count). The number of benzene rings is 2. The SMILES string of the molecule is CCC[C@@H]1NC(=O)[C@H](Cc2ccccc2)NC(=O)[C@H]([C@@H](C)O)NC(=O)[C@H](Cc2ccccc2)N(C)C(=O)[C@H](C)N(C)C(=O)[C@H](C(C)CC)NC(=O)[C@H](CC(C)C)N(C)C(=O)CNC(=O)[C@H](C)NC(=O)C[C@@H](C(=O)N2CCCCC2)NC(=O)[C@@H]2CCCN2C1=O. The number of likely N-dealkylation sites (N-methyl/N-ethyl adjacent to an activating group) is 3. The van der Waals surface area contributed by atoms with E-state index in [1.54, 1.807) is 79.4 Å². The van der Waals surface area contributed by atoms with Crippen molar-refractivity contribution in [2.45, 2.75) is 199 Å². The third-order valence-corrected chi connectivity index (χ3v) is 17.2. The van der Waals surface area contributed by atoms with Gasteiger partial charge in [-0.25, -0.2) is 0 Å². The highest BCUT2D eigenvalue weighted by atomic mass is 16.3. The van der Waals surface area contributed by atoms with Gasteiger partial charge in [-0.2, -0.15) is 0 Å². The van der Waals surface area contributed by atoms with Gasteiger partial charge < -0.3 is 66.8 Å². The zero-order valence-corrected chi connectivity index (χ0v) is 53.7. The molecule has 0 radical (unpaired) electrons. The Morgan fingerprint density at radius 2 is 1.17 bits per heavy atom. The molecule has 0 aliphatic carbocycles. The van der Waals surface area contributed by atoms with Crippen LogP contribution in [0.25, 0.3) is 0 Å². The molecule has 0 spiro atoms. The predicted octanol–water partition coefficient (Wildman–Crippen LogP) is 0.698. The second-order valence-corrected chi connectivity index (χ2v) is 24.5. The van der Waals surface area contributed by atoms with Crippen LogP contribution in [0.1, 0.15) is 131 Å². The topological polar surface area (TPSA) is 325 Å². The first-order valence-corrected chi connectivity index (χ1v) is 31.4. The Morgan fingerprint density at radius 3 is 1.75 bits per heavy atom. The number of amides is 12. The van der Waals surface area contributed by atoms with Crippen LogP contribution in [0.5, 0.6) is 0 Å². The summed E-state index contributed by atoms with van der Waals surface area (Å²) < 4.78 is 0. The summed E-state index contributed by atoms with van der Waals surface area (Å²) in [5.41, 5.74) is 1.22. The Hall–Kier alpha value is -7.96. The Labute approximate surface area is 523 Å². The highest BCUT2D eigenvalue weighted by Gasteiger charge is 2.43. The number of carbonyl (C=O) groups excluding carboxylic acids is 12. The lowest BCUT2D eigenvalue weighted by Crippen LogP contribution is -2.62. The van der Waals surface area contributed by atoms with Gasteiger partial charge in [-0.3, -0.25) is 57.5 Å². The molecule has 3 aliphatic heterocycles. The minimum absolute atomic E-state index is 0.0928. The van der Waals surface area contributed by atoms with Crippen molar-refractivity contribution in [2.24, 2.45) is 11.8 Å². The lowest BCUT2D eigenvalue weighted by molar-refractivity contribution is -0.149. The second kappa shape index (κ2) is 34.1. The van der Waals surface area contributed by atoms with Gasteiger partial charge in [0.05, 0.1) is 19.1 Å². The van der Waals surface area contributed by atoms with Gasteiger partial charge in [0, 0.05) is 53.6 Å². The minimum Gasteiger partial charge on any atom is -0.391 e. The van der Waals surface area contributed by atoms with E-state index in [-0.39, 0.29) is 44.6 Å². The van der Waals surface area contributed by atoms with Gasteiger partial charge >= 0.3 is 0 Å². The molecule has 25 heteroatoms. The molecule has 1 unspecified atom stereocenters. The van der Waals surface area contributed by atoms with E-state index in [2.05, 4.69) is 37.2 Å². The Balaban J connectivity index is 1.56. The van der Waals surface area contributed by atoms with E-state index in [1.165, 1.54) is 51.7 Å². The molecule has 25 nitrogen and oxygen atoms in total. The number of aliphatic hydroxyl groups excluding tert-OH is 1. The molecule has 89 heavy (non-hydrogen) atoms. The maximum absolute atomic E-state index is 14.8. The number of piperidine rings is 1. The van der Waals surface area contributed by atoms with Crippen molar-refractivity contribution in [2.75, 3.05) is 47.3 Å². The summed E-state index contributed by atoms with van der Waals surface area (Å²) in [6.07, 6.45) is 1.48. The molecule has 3 aliphatic rings. The molecular formula is C64H96N12O13. The van der Waals surface area contributed by atoms with Crippen LogP contribution in [0.2, 0.25) is 0 Å². The van der Waals surface area contributed by atoms with E-state index in [9.17, 15) is 62.6 Å². The highest BCUT2D eigenvalue weighted by Crippen LogP contribution is 2.23. The number of aliphatic hydroxyl groups is 1. The zero-order chi connectivity index (χ0) is 65.8. The molecule has 0 saturated carbocycles. The number of nitrogens with one attached hydrogen (secondary N) is 7. The standard InChI is InChI=1S/C64H96N12O13/c1-12-24-45-63(88)76-32-23-29-48(76)57(82)69-47(62(87)75-30-21-16-22-31-75)36-51(78)66-40(6)55(80)65-37-52(79)73(10)49(33-38(3)4)58(83)70-53(39(5)13-2)64(89)72(9)41(7)61(86)74(11)50(35-44-27-19-15-20-28-44)59(84)71-54(42(8)77)60(85)68-46(56(81)67-45)34-43-25-17-14-18-26-43/h14-15,17-20,25-28,38-42,45-50,53-54,77H,12-13,16,21-24,29-37H2,1-11H3,(H,65,80)(H,66,78)(H,67,81)(H,68,85)(H,69,82)(H,70,83)(H,71,84)/t39?,40-,41-,42+,45-,46-,47-,48-,49-,50-,53-,54-/m0/s1.